The van der Waals surface area contributed by atoms with Gasteiger partial charge < -0.3 is 15.5 Å². The number of hydrogen-bond acceptors (Lipinski definition) is 3. The highest BCUT2D eigenvalue weighted by Gasteiger charge is 2.22. The Hall–Kier alpha value is -1.42. The number of guanidine groups is 1. The summed E-state index contributed by atoms with van der Waals surface area (Å²) in [6.07, 6.45) is 2.39. The fourth-order valence-corrected chi connectivity index (χ4v) is 3.01. The van der Waals surface area contributed by atoms with E-state index in [0.717, 1.165) is 25.2 Å². The van der Waals surface area contributed by atoms with Crippen LogP contribution in [0.2, 0.25) is 0 Å². The van der Waals surface area contributed by atoms with Crippen molar-refractivity contribution in [3.63, 3.8) is 0 Å². The van der Waals surface area contributed by atoms with Crippen LogP contribution >= 0.6 is 24.0 Å². The largest absolute Gasteiger partial charge is 0.355 e. The summed E-state index contributed by atoms with van der Waals surface area (Å²) in [4.78, 5) is 20.4. The normalized spacial score (nSPS) is 17.3. The maximum absolute atomic E-state index is 13.0. The molecule has 1 aromatic rings. The summed E-state index contributed by atoms with van der Waals surface area (Å²) >= 11 is 0. The number of carbonyl (C=O) groups excluding carboxylic acids is 1. The number of benzene rings is 1. The van der Waals surface area contributed by atoms with Gasteiger partial charge in [0, 0.05) is 26.7 Å². The van der Waals surface area contributed by atoms with Crippen LogP contribution in [0.1, 0.15) is 25.3 Å². The third-order valence-electron chi connectivity index (χ3n) is 4.65. The Bertz CT molecular complexity index is 609. The number of nitrogens with zero attached hydrogens (tertiary/aromatic N) is 3. The maximum Gasteiger partial charge on any atom is 0.241 e. The van der Waals surface area contributed by atoms with Gasteiger partial charge in [-0.25, -0.2) is 9.38 Å². The summed E-state index contributed by atoms with van der Waals surface area (Å²) in [5.41, 5.74) is 0.919. The van der Waals surface area contributed by atoms with Gasteiger partial charge in [0.25, 0.3) is 0 Å². The van der Waals surface area contributed by atoms with E-state index in [-0.39, 0.29) is 42.2 Å². The molecule has 0 aliphatic carbocycles. The second kappa shape index (κ2) is 12.1. The number of nitrogens with one attached hydrogen (secondary N) is 2. The predicted octanol–water partition coefficient (Wildman–Crippen LogP) is 2.05. The molecular weight excluding hydrogens is 460 g/mol. The summed E-state index contributed by atoms with van der Waals surface area (Å²) < 4.78 is 13.0. The molecule has 1 aliphatic rings. The Morgan fingerprint density at radius 3 is 2.63 bits per heavy atom. The van der Waals surface area contributed by atoms with E-state index in [4.69, 9.17) is 0 Å². The first-order chi connectivity index (χ1) is 12.5. The van der Waals surface area contributed by atoms with Gasteiger partial charge in [0.2, 0.25) is 5.91 Å². The SMILES string of the molecule is CCN1CCCC1CNC(=NCc1ccc(F)cc1)NCC(=O)N(C)C.I. The maximum atomic E-state index is 13.0. The first-order valence-corrected chi connectivity index (χ1v) is 9.20. The second-order valence-electron chi connectivity index (χ2n) is 6.74. The standard InChI is InChI=1S/C19H30FN5O.HI/c1-4-25-11-5-6-17(25)13-22-19(23-14-18(26)24(2)3)21-12-15-7-9-16(20)10-8-15;/h7-10,17H,4-6,11-14H2,1-3H3,(H2,21,22,23);1H. The minimum Gasteiger partial charge on any atom is -0.355 e. The van der Waals surface area contributed by atoms with Crippen molar-refractivity contribution in [1.29, 1.82) is 0 Å². The first-order valence-electron chi connectivity index (χ1n) is 9.20. The molecule has 1 aliphatic heterocycles. The summed E-state index contributed by atoms with van der Waals surface area (Å²) in [6, 6.07) is 6.79. The van der Waals surface area contributed by atoms with Crippen LogP contribution in [0.5, 0.6) is 0 Å². The quantitative estimate of drug-likeness (QED) is 0.349. The van der Waals surface area contributed by atoms with Gasteiger partial charge in [0.15, 0.2) is 5.96 Å². The monoisotopic (exact) mass is 491 g/mol. The van der Waals surface area contributed by atoms with Gasteiger partial charge in [0.1, 0.15) is 5.82 Å². The van der Waals surface area contributed by atoms with E-state index < -0.39 is 0 Å². The molecule has 27 heavy (non-hydrogen) atoms. The van der Waals surface area contributed by atoms with E-state index in [9.17, 15) is 9.18 Å². The first kappa shape index (κ1) is 23.6. The molecule has 0 aromatic heterocycles. The zero-order chi connectivity index (χ0) is 18.9. The molecule has 0 radical (unpaired) electrons. The van der Waals surface area contributed by atoms with E-state index in [2.05, 4.69) is 27.4 Å². The van der Waals surface area contributed by atoms with E-state index >= 15 is 0 Å². The molecule has 152 valence electrons. The Balaban J connectivity index is 0.00000364. The summed E-state index contributed by atoms with van der Waals surface area (Å²) in [5, 5.41) is 6.45. The number of rotatable bonds is 7. The molecule has 1 aromatic carbocycles. The molecule has 1 amide bonds. The highest BCUT2D eigenvalue weighted by molar-refractivity contribution is 14.0. The Morgan fingerprint density at radius 2 is 2.00 bits per heavy atom. The Kier molecular flexibility index (Phi) is 10.6. The number of carbonyl (C=O) groups is 1. The van der Waals surface area contributed by atoms with Crippen molar-refractivity contribution in [2.24, 2.45) is 4.99 Å². The van der Waals surface area contributed by atoms with Gasteiger partial charge in [0.05, 0.1) is 13.1 Å². The summed E-state index contributed by atoms with van der Waals surface area (Å²) in [6.45, 7) is 5.76. The lowest BCUT2D eigenvalue weighted by Gasteiger charge is -2.24. The minimum atomic E-state index is -0.258. The number of likely N-dealkylation sites (N-methyl/N-ethyl adjacent to an activating group) is 2. The molecular formula is C19H31FIN5O. The van der Waals surface area contributed by atoms with Gasteiger partial charge in [-0.2, -0.15) is 0 Å². The van der Waals surface area contributed by atoms with E-state index in [1.807, 2.05) is 0 Å². The second-order valence-corrected chi connectivity index (χ2v) is 6.74. The topological polar surface area (TPSA) is 60.0 Å². The van der Waals surface area contributed by atoms with Crippen LogP contribution in [0.15, 0.2) is 29.3 Å². The molecule has 2 N–H and O–H groups in total. The lowest BCUT2D eigenvalue weighted by Crippen LogP contribution is -2.47. The third-order valence-corrected chi connectivity index (χ3v) is 4.65. The van der Waals surface area contributed by atoms with E-state index in [1.165, 1.54) is 25.0 Å². The lowest BCUT2D eigenvalue weighted by atomic mass is 10.2. The highest BCUT2D eigenvalue weighted by Crippen LogP contribution is 2.15. The van der Waals surface area contributed by atoms with Crippen molar-refractivity contribution in [2.75, 3.05) is 40.3 Å². The number of hydrogen-bond donors (Lipinski definition) is 2. The predicted molar refractivity (Wildman–Crippen MR) is 118 cm³/mol. The van der Waals surface area contributed by atoms with Crippen LogP contribution in [-0.4, -0.2) is 68.0 Å². The minimum absolute atomic E-state index is 0. The highest BCUT2D eigenvalue weighted by atomic mass is 127. The number of likely N-dealkylation sites (tertiary alicyclic amines) is 1. The Labute approximate surface area is 178 Å². The van der Waals surface area contributed by atoms with Crippen LogP contribution in [0, 0.1) is 5.82 Å². The molecule has 8 heteroatoms. The third kappa shape index (κ3) is 8.00. The molecule has 0 spiro atoms. The van der Waals surface area contributed by atoms with Crippen LogP contribution < -0.4 is 10.6 Å². The van der Waals surface area contributed by atoms with Crippen molar-refractivity contribution >= 4 is 35.8 Å². The van der Waals surface area contributed by atoms with Crippen LogP contribution in [0.3, 0.4) is 0 Å². The lowest BCUT2D eigenvalue weighted by molar-refractivity contribution is -0.127. The van der Waals surface area contributed by atoms with Crippen LogP contribution in [0.25, 0.3) is 0 Å². The average molecular weight is 491 g/mol. The zero-order valence-electron chi connectivity index (χ0n) is 16.4. The fourth-order valence-electron chi connectivity index (χ4n) is 3.01. The molecule has 1 saturated heterocycles. The summed E-state index contributed by atoms with van der Waals surface area (Å²) in [5.74, 6) is 0.330. The van der Waals surface area contributed by atoms with Crippen molar-refractivity contribution in [1.82, 2.24) is 20.4 Å². The Morgan fingerprint density at radius 1 is 1.30 bits per heavy atom. The molecule has 0 saturated carbocycles. The van der Waals surface area contributed by atoms with Gasteiger partial charge >= 0.3 is 0 Å². The van der Waals surface area contributed by atoms with Gasteiger partial charge in [-0.05, 0) is 43.6 Å². The molecule has 2 rings (SSSR count). The smallest absolute Gasteiger partial charge is 0.241 e. The molecule has 1 fully saturated rings. The van der Waals surface area contributed by atoms with Gasteiger partial charge in [-0.15, -0.1) is 24.0 Å². The number of amides is 1. The number of aliphatic imine (C=N–C) groups is 1. The molecule has 1 heterocycles. The van der Waals surface area contributed by atoms with Gasteiger partial charge in [-0.1, -0.05) is 19.1 Å². The molecule has 6 nitrogen and oxygen atoms in total. The van der Waals surface area contributed by atoms with Crippen molar-refractivity contribution in [2.45, 2.75) is 32.4 Å². The zero-order valence-corrected chi connectivity index (χ0v) is 18.7. The molecule has 1 atom stereocenters. The average Bonchev–Trinajstić information content (AvgIpc) is 3.09. The fraction of sp³-hybridized carbons (Fsp3) is 0.579. The van der Waals surface area contributed by atoms with E-state index in [0.29, 0.717) is 18.5 Å². The number of halogens is 2. The van der Waals surface area contributed by atoms with Crippen molar-refractivity contribution in [3.05, 3.63) is 35.6 Å². The van der Waals surface area contributed by atoms with Crippen molar-refractivity contribution < 1.29 is 9.18 Å². The van der Waals surface area contributed by atoms with Crippen molar-refractivity contribution in [3.8, 4) is 0 Å². The van der Waals surface area contributed by atoms with Crippen LogP contribution in [-0.2, 0) is 11.3 Å². The van der Waals surface area contributed by atoms with Gasteiger partial charge in [-0.3, -0.25) is 9.69 Å². The summed E-state index contributed by atoms with van der Waals surface area (Å²) in [7, 11) is 3.45. The van der Waals surface area contributed by atoms with E-state index in [1.54, 1.807) is 31.1 Å². The molecule has 0 bridgehead atoms. The molecule has 1 unspecified atom stereocenters. The van der Waals surface area contributed by atoms with Crippen LogP contribution in [0.4, 0.5) is 4.39 Å².